The Hall–Kier alpha value is -2.38. The molecule has 0 bridgehead atoms. The van der Waals surface area contributed by atoms with Crippen LogP contribution >= 0.6 is 0 Å². The lowest BCUT2D eigenvalue weighted by Crippen LogP contribution is -2.04. The molecule has 1 radical (unpaired) electrons. The number of hydrogen-bond acceptors (Lipinski definition) is 0. The van der Waals surface area contributed by atoms with E-state index in [0.29, 0.717) is 0 Å². The lowest BCUT2D eigenvalue weighted by atomic mass is 9.94. The van der Waals surface area contributed by atoms with Gasteiger partial charge in [0.1, 0.15) is 0 Å². The molecule has 0 fully saturated rings. The Morgan fingerprint density at radius 3 is 2.48 bits per heavy atom. The lowest BCUT2D eigenvalue weighted by Gasteiger charge is -2.11. The van der Waals surface area contributed by atoms with Crippen molar-refractivity contribution in [2.24, 2.45) is 0 Å². The van der Waals surface area contributed by atoms with Gasteiger partial charge in [-0.05, 0) is 68.0 Å². The molecule has 0 nitrogen and oxygen atoms in total. The van der Waals surface area contributed by atoms with Gasteiger partial charge in [0.15, 0.2) is 0 Å². The minimum absolute atomic E-state index is 0.237. The molecule has 1 heteroatoms. The summed E-state index contributed by atoms with van der Waals surface area (Å²) in [7, 11) is -0.237. The fourth-order valence-electron chi connectivity index (χ4n) is 4.20. The van der Waals surface area contributed by atoms with Gasteiger partial charge in [0.25, 0.3) is 0 Å². The van der Waals surface area contributed by atoms with Gasteiger partial charge >= 0.3 is 0 Å². The van der Waals surface area contributed by atoms with Gasteiger partial charge in [-0.3, -0.25) is 0 Å². The summed E-state index contributed by atoms with van der Waals surface area (Å²) in [4.78, 5) is 0. The number of rotatable bonds is 2. The van der Waals surface area contributed by atoms with Crippen LogP contribution < -0.4 is 0 Å². The molecule has 0 saturated heterocycles. The molecule has 1 aliphatic rings. The number of allylic oxidation sites excluding steroid dienone is 1. The molecule has 121 valence electrons. The maximum atomic E-state index is 2.39. The summed E-state index contributed by atoms with van der Waals surface area (Å²) >= 11 is 0. The molecule has 0 heterocycles. The largest absolute Gasteiger partial charge is 0.0795 e. The van der Waals surface area contributed by atoms with Crippen molar-refractivity contribution in [1.29, 1.82) is 0 Å². The first-order valence-electron chi connectivity index (χ1n) is 9.06. The zero-order valence-electron chi connectivity index (χ0n) is 14.8. The van der Waals surface area contributed by atoms with Gasteiger partial charge in [-0.2, -0.15) is 0 Å². The summed E-state index contributed by atoms with van der Waals surface area (Å²) in [5.74, 6) is 0. The quantitative estimate of drug-likeness (QED) is 0.221. The number of hydrogen-bond donors (Lipinski definition) is 0. The Morgan fingerprint density at radius 2 is 1.60 bits per heavy atom. The average molecular weight is 338 g/mol. The van der Waals surface area contributed by atoms with Crippen molar-refractivity contribution in [2.45, 2.75) is 25.6 Å². The Kier molecular flexibility index (Phi) is 3.32. The maximum Gasteiger partial charge on any atom is 0.0460 e. The molecule has 25 heavy (non-hydrogen) atoms. The molecule has 5 rings (SSSR count). The fraction of sp³-hybridized carbons (Fsp3) is 0.167. The molecule has 4 aromatic carbocycles. The SMILES string of the molecule is C[Si](C)Cc1ccc2cc3c(ccc4c5c(ccc43)CC=C5)cc2c1. The maximum absolute atomic E-state index is 2.39. The summed E-state index contributed by atoms with van der Waals surface area (Å²) in [6.07, 6.45) is 5.63. The Bertz CT molecular complexity index is 1170. The predicted octanol–water partition coefficient (Wildman–Crippen LogP) is 6.55. The second-order valence-corrected chi connectivity index (χ2v) is 10.3. The van der Waals surface area contributed by atoms with Crippen LogP contribution in [0.4, 0.5) is 0 Å². The highest BCUT2D eigenvalue weighted by molar-refractivity contribution is 6.55. The van der Waals surface area contributed by atoms with E-state index in [1.54, 1.807) is 0 Å². The first-order valence-corrected chi connectivity index (χ1v) is 11.8. The van der Waals surface area contributed by atoms with Crippen molar-refractivity contribution in [3.63, 3.8) is 0 Å². The van der Waals surface area contributed by atoms with Gasteiger partial charge < -0.3 is 0 Å². The van der Waals surface area contributed by atoms with Crippen LogP contribution in [-0.4, -0.2) is 8.80 Å². The second kappa shape index (κ2) is 5.57. The third kappa shape index (κ3) is 2.42. The van der Waals surface area contributed by atoms with E-state index in [1.807, 2.05) is 0 Å². The van der Waals surface area contributed by atoms with Crippen molar-refractivity contribution in [1.82, 2.24) is 0 Å². The average Bonchev–Trinajstić information content (AvgIpc) is 3.08. The van der Waals surface area contributed by atoms with Crippen LogP contribution in [-0.2, 0) is 12.5 Å². The third-order valence-electron chi connectivity index (χ3n) is 5.35. The second-order valence-electron chi connectivity index (χ2n) is 7.54. The van der Waals surface area contributed by atoms with Crippen LogP contribution in [0, 0.1) is 0 Å². The molecule has 0 amide bonds. The summed E-state index contributed by atoms with van der Waals surface area (Å²) < 4.78 is 0. The summed E-state index contributed by atoms with van der Waals surface area (Å²) in [6, 6.07) is 22.2. The van der Waals surface area contributed by atoms with Gasteiger partial charge in [0.2, 0.25) is 0 Å². The minimum Gasteiger partial charge on any atom is -0.0795 e. The zero-order valence-corrected chi connectivity index (χ0v) is 15.8. The van der Waals surface area contributed by atoms with Crippen molar-refractivity contribution in [3.8, 4) is 0 Å². The van der Waals surface area contributed by atoms with E-state index < -0.39 is 0 Å². The van der Waals surface area contributed by atoms with Crippen LogP contribution in [0.2, 0.25) is 13.1 Å². The molecule has 0 spiro atoms. The van der Waals surface area contributed by atoms with Gasteiger partial charge in [0, 0.05) is 8.80 Å². The third-order valence-corrected chi connectivity index (χ3v) is 6.47. The highest BCUT2D eigenvalue weighted by Gasteiger charge is 2.11. The molecule has 0 aliphatic heterocycles. The molecule has 1 aliphatic carbocycles. The Balaban J connectivity index is 1.78. The molecule has 0 unspecified atom stereocenters. The Labute approximate surface area is 150 Å². The predicted molar refractivity (Wildman–Crippen MR) is 113 cm³/mol. The van der Waals surface area contributed by atoms with Crippen LogP contribution in [0.1, 0.15) is 16.7 Å². The molecule has 4 aromatic rings. The highest BCUT2D eigenvalue weighted by Crippen LogP contribution is 2.35. The monoisotopic (exact) mass is 337 g/mol. The van der Waals surface area contributed by atoms with E-state index in [0.717, 1.165) is 6.42 Å². The molecule has 0 atom stereocenters. The van der Waals surface area contributed by atoms with Crippen molar-refractivity contribution >= 4 is 47.2 Å². The highest BCUT2D eigenvalue weighted by atomic mass is 28.3. The van der Waals surface area contributed by atoms with E-state index in [-0.39, 0.29) is 8.80 Å². The van der Waals surface area contributed by atoms with E-state index >= 15 is 0 Å². The number of fused-ring (bicyclic) bond motifs is 6. The lowest BCUT2D eigenvalue weighted by molar-refractivity contribution is 1.32. The van der Waals surface area contributed by atoms with Crippen LogP contribution in [0.15, 0.2) is 60.7 Å². The first kappa shape index (κ1) is 14.9. The zero-order chi connectivity index (χ0) is 17.0. The molecular weight excluding hydrogens is 316 g/mol. The van der Waals surface area contributed by atoms with Crippen LogP contribution in [0.5, 0.6) is 0 Å². The van der Waals surface area contributed by atoms with Gasteiger partial charge in [0.05, 0.1) is 0 Å². The summed E-state index contributed by atoms with van der Waals surface area (Å²) in [5.41, 5.74) is 4.35. The van der Waals surface area contributed by atoms with E-state index in [4.69, 9.17) is 0 Å². The van der Waals surface area contributed by atoms with Crippen molar-refractivity contribution < 1.29 is 0 Å². The van der Waals surface area contributed by atoms with Crippen molar-refractivity contribution in [3.05, 3.63) is 77.4 Å². The fourth-order valence-corrected chi connectivity index (χ4v) is 5.24. The molecule has 0 aromatic heterocycles. The molecule has 0 N–H and O–H groups in total. The smallest absolute Gasteiger partial charge is 0.0460 e. The van der Waals surface area contributed by atoms with Gasteiger partial charge in [-0.1, -0.05) is 73.3 Å². The first-order chi connectivity index (χ1) is 12.2. The summed E-state index contributed by atoms with van der Waals surface area (Å²) in [5, 5.41) is 8.20. The minimum atomic E-state index is -0.237. The van der Waals surface area contributed by atoms with Gasteiger partial charge in [-0.15, -0.1) is 0 Å². The number of benzene rings is 4. The van der Waals surface area contributed by atoms with E-state index in [1.165, 1.54) is 55.1 Å². The van der Waals surface area contributed by atoms with Crippen LogP contribution in [0.3, 0.4) is 0 Å². The topological polar surface area (TPSA) is 0 Å². The van der Waals surface area contributed by atoms with E-state index in [2.05, 4.69) is 79.8 Å². The normalized spacial score (nSPS) is 13.4. The van der Waals surface area contributed by atoms with Crippen LogP contribution in [0.25, 0.3) is 38.4 Å². The van der Waals surface area contributed by atoms with Gasteiger partial charge in [-0.25, -0.2) is 0 Å². The Morgan fingerprint density at radius 1 is 0.760 bits per heavy atom. The van der Waals surface area contributed by atoms with Crippen molar-refractivity contribution in [2.75, 3.05) is 0 Å². The molecule has 0 saturated carbocycles. The van der Waals surface area contributed by atoms with E-state index in [9.17, 15) is 0 Å². The standard InChI is InChI=1S/C24H21Si/c1-25(2)15-16-6-7-18-14-24-19(13-20(18)12-16)9-11-22-21-5-3-4-17(21)8-10-23(22)24/h3,5-14H,4,15H2,1-2H3. The summed E-state index contributed by atoms with van der Waals surface area (Å²) in [6.45, 7) is 4.77. The molecular formula is C24H21Si.